The largest absolute Gasteiger partial charge is 0.439 e. The number of hydrogen-bond acceptors (Lipinski definition) is 3. The van der Waals surface area contributed by atoms with Crippen LogP contribution in [0.2, 0.25) is 0 Å². The molecule has 4 rings (SSSR count). The molecule has 0 radical (unpaired) electrons. The van der Waals surface area contributed by atoms with E-state index in [0.717, 1.165) is 29.7 Å². The maximum absolute atomic E-state index is 12.7. The minimum Gasteiger partial charge on any atom is -0.439 e. The Bertz CT molecular complexity index is 909. The number of nitrogens with one attached hydrogen (secondary N) is 1. The Morgan fingerprint density at radius 1 is 1.04 bits per heavy atom. The summed E-state index contributed by atoms with van der Waals surface area (Å²) in [6.45, 7) is 0.396. The molecule has 0 unspecified atom stereocenters. The highest BCUT2D eigenvalue weighted by molar-refractivity contribution is 5.84. The number of aromatic nitrogens is 1. The van der Waals surface area contributed by atoms with Crippen molar-refractivity contribution in [3.8, 4) is 11.6 Å². The van der Waals surface area contributed by atoms with Crippen LogP contribution in [-0.2, 0) is 17.8 Å². The molecule has 1 aromatic heterocycles. The lowest BCUT2D eigenvalue weighted by Gasteiger charge is -2.14. The van der Waals surface area contributed by atoms with Gasteiger partial charge in [0.25, 0.3) is 0 Å². The Morgan fingerprint density at radius 3 is 2.73 bits per heavy atom. The van der Waals surface area contributed by atoms with Gasteiger partial charge in [0.15, 0.2) is 0 Å². The number of nitrogens with zero attached hydrogens (tertiary/aromatic N) is 1. The average Bonchev–Trinajstić information content (AvgIpc) is 3.12. The Balaban J connectivity index is 1.45. The van der Waals surface area contributed by atoms with Crippen LogP contribution in [0.25, 0.3) is 0 Å². The molecule has 1 N–H and O–H groups in total. The molecule has 0 fully saturated rings. The Hall–Kier alpha value is -3.14. The summed E-state index contributed by atoms with van der Waals surface area (Å²) in [5, 5.41) is 3.05. The molecule has 1 heterocycles. The number of carbonyl (C=O) groups excluding carboxylic acids is 1. The third kappa shape index (κ3) is 3.45. The zero-order valence-corrected chi connectivity index (χ0v) is 14.4. The molecule has 1 atom stereocenters. The molecule has 0 saturated heterocycles. The van der Waals surface area contributed by atoms with Crippen molar-refractivity contribution in [3.05, 3.63) is 89.6 Å². The second-order valence-electron chi connectivity index (χ2n) is 6.39. The van der Waals surface area contributed by atoms with Crippen LogP contribution in [0.15, 0.2) is 72.9 Å². The molecular weight excluding hydrogens is 324 g/mol. The Morgan fingerprint density at radius 2 is 1.85 bits per heavy atom. The zero-order chi connectivity index (χ0) is 17.8. The molecule has 130 valence electrons. The fourth-order valence-corrected chi connectivity index (χ4v) is 3.39. The van der Waals surface area contributed by atoms with E-state index in [1.807, 2.05) is 54.6 Å². The molecule has 3 aromatic rings. The zero-order valence-electron chi connectivity index (χ0n) is 14.4. The number of benzene rings is 2. The quantitative estimate of drug-likeness (QED) is 0.754. The van der Waals surface area contributed by atoms with Crippen LogP contribution in [0, 0.1) is 0 Å². The van der Waals surface area contributed by atoms with E-state index in [9.17, 15) is 4.79 Å². The first kappa shape index (κ1) is 16.3. The molecule has 26 heavy (non-hydrogen) atoms. The predicted molar refractivity (Wildman–Crippen MR) is 100 cm³/mol. The first-order valence-corrected chi connectivity index (χ1v) is 8.83. The van der Waals surface area contributed by atoms with Crippen LogP contribution in [0.3, 0.4) is 0 Å². The minimum atomic E-state index is -0.0682. The third-order valence-corrected chi connectivity index (χ3v) is 4.71. The van der Waals surface area contributed by atoms with Crippen molar-refractivity contribution in [1.82, 2.24) is 10.3 Å². The molecule has 0 bridgehead atoms. The first-order chi connectivity index (χ1) is 12.8. The Labute approximate surface area is 152 Å². The van der Waals surface area contributed by atoms with Gasteiger partial charge in [-0.05, 0) is 42.2 Å². The van der Waals surface area contributed by atoms with Gasteiger partial charge in [-0.2, -0.15) is 0 Å². The fraction of sp³-hybridized carbons (Fsp3) is 0.182. The summed E-state index contributed by atoms with van der Waals surface area (Å²) in [5.74, 6) is 1.24. The number of rotatable bonds is 5. The number of pyridine rings is 1. The number of ether oxygens (including phenoxy) is 1. The van der Waals surface area contributed by atoms with Crippen molar-refractivity contribution < 1.29 is 9.53 Å². The molecule has 0 spiro atoms. The number of fused-ring (bicyclic) bond motifs is 1. The van der Waals surface area contributed by atoms with E-state index in [2.05, 4.69) is 22.4 Å². The third-order valence-electron chi connectivity index (χ3n) is 4.71. The van der Waals surface area contributed by atoms with Gasteiger partial charge in [0.2, 0.25) is 11.8 Å². The molecule has 0 saturated carbocycles. The normalized spacial score (nSPS) is 15.3. The number of para-hydroxylation sites is 1. The van der Waals surface area contributed by atoms with Crippen LogP contribution in [0.4, 0.5) is 0 Å². The van der Waals surface area contributed by atoms with E-state index < -0.39 is 0 Å². The summed E-state index contributed by atoms with van der Waals surface area (Å²) in [5.41, 5.74) is 3.29. The van der Waals surface area contributed by atoms with Crippen molar-refractivity contribution in [2.24, 2.45) is 0 Å². The van der Waals surface area contributed by atoms with Crippen LogP contribution in [-0.4, -0.2) is 10.9 Å². The van der Waals surface area contributed by atoms with E-state index in [1.165, 1.54) is 5.56 Å². The van der Waals surface area contributed by atoms with Crippen molar-refractivity contribution in [2.45, 2.75) is 25.3 Å². The lowest BCUT2D eigenvalue weighted by atomic mass is 10.0. The van der Waals surface area contributed by atoms with E-state index in [-0.39, 0.29) is 11.8 Å². The average molecular weight is 344 g/mol. The van der Waals surface area contributed by atoms with Gasteiger partial charge in [-0.1, -0.05) is 48.5 Å². The summed E-state index contributed by atoms with van der Waals surface area (Å²) in [4.78, 5) is 17.0. The summed E-state index contributed by atoms with van der Waals surface area (Å²) < 4.78 is 5.86. The maximum atomic E-state index is 12.7. The maximum Gasteiger partial charge on any atom is 0.227 e. The predicted octanol–water partition coefficient (Wildman–Crippen LogP) is 4.22. The molecule has 1 amide bonds. The lowest BCUT2D eigenvalue weighted by molar-refractivity contribution is -0.122. The topological polar surface area (TPSA) is 51.2 Å². The Kier molecular flexibility index (Phi) is 4.65. The number of carbonyl (C=O) groups is 1. The lowest BCUT2D eigenvalue weighted by Crippen LogP contribution is -2.28. The van der Waals surface area contributed by atoms with Gasteiger partial charge in [-0.3, -0.25) is 4.79 Å². The minimum absolute atomic E-state index is 0.0597. The fourth-order valence-electron chi connectivity index (χ4n) is 3.39. The van der Waals surface area contributed by atoms with Gasteiger partial charge in [0, 0.05) is 18.3 Å². The SMILES string of the molecule is O=C(NCc1cccnc1Oc1ccccc1)[C@@H]1CCc2ccccc21. The number of hydrogen-bond donors (Lipinski definition) is 1. The molecular formula is C22H20N2O2. The summed E-state index contributed by atoms with van der Waals surface area (Å²) in [6.07, 6.45) is 3.52. The van der Waals surface area contributed by atoms with E-state index in [0.29, 0.717) is 12.4 Å². The number of amides is 1. The van der Waals surface area contributed by atoms with Gasteiger partial charge in [0.1, 0.15) is 5.75 Å². The van der Waals surface area contributed by atoms with Crippen LogP contribution in [0.1, 0.15) is 29.0 Å². The highest BCUT2D eigenvalue weighted by atomic mass is 16.5. The molecule has 0 aliphatic heterocycles. The standard InChI is InChI=1S/C22H20N2O2/c25-21(20-13-12-16-7-4-5-11-19(16)20)24-15-17-8-6-14-23-22(17)26-18-9-2-1-3-10-18/h1-11,14,20H,12-13,15H2,(H,24,25)/t20-/m1/s1. The van der Waals surface area contributed by atoms with Crippen molar-refractivity contribution in [2.75, 3.05) is 0 Å². The second kappa shape index (κ2) is 7.40. The van der Waals surface area contributed by atoms with Crippen LogP contribution < -0.4 is 10.1 Å². The highest BCUT2D eigenvalue weighted by Gasteiger charge is 2.28. The highest BCUT2D eigenvalue weighted by Crippen LogP contribution is 2.33. The molecule has 1 aliphatic carbocycles. The van der Waals surface area contributed by atoms with E-state index in [1.54, 1.807) is 6.20 Å². The smallest absolute Gasteiger partial charge is 0.227 e. The van der Waals surface area contributed by atoms with Crippen molar-refractivity contribution in [3.63, 3.8) is 0 Å². The van der Waals surface area contributed by atoms with Crippen LogP contribution in [0.5, 0.6) is 11.6 Å². The second-order valence-corrected chi connectivity index (χ2v) is 6.39. The monoisotopic (exact) mass is 344 g/mol. The van der Waals surface area contributed by atoms with Crippen molar-refractivity contribution in [1.29, 1.82) is 0 Å². The van der Waals surface area contributed by atoms with Crippen LogP contribution >= 0.6 is 0 Å². The molecule has 4 nitrogen and oxygen atoms in total. The molecule has 4 heteroatoms. The van der Waals surface area contributed by atoms with Gasteiger partial charge in [-0.15, -0.1) is 0 Å². The van der Waals surface area contributed by atoms with Crippen molar-refractivity contribution >= 4 is 5.91 Å². The molecule has 2 aromatic carbocycles. The van der Waals surface area contributed by atoms with E-state index >= 15 is 0 Å². The molecule has 1 aliphatic rings. The van der Waals surface area contributed by atoms with Gasteiger partial charge in [0.05, 0.1) is 5.92 Å². The summed E-state index contributed by atoms with van der Waals surface area (Å²) in [6, 6.07) is 21.5. The first-order valence-electron chi connectivity index (χ1n) is 8.83. The van der Waals surface area contributed by atoms with Gasteiger partial charge >= 0.3 is 0 Å². The van der Waals surface area contributed by atoms with Gasteiger partial charge in [-0.25, -0.2) is 4.98 Å². The summed E-state index contributed by atoms with van der Waals surface area (Å²) in [7, 11) is 0. The van der Waals surface area contributed by atoms with E-state index in [4.69, 9.17) is 4.74 Å². The number of aryl methyl sites for hydroxylation is 1. The van der Waals surface area contributed by atoms with Gasteiger partial charge < -0.3 is 10.1 Å². The summed E-state index contributed by atoms with van der Waals surface area (Å²) >= 11 is 0.